The first-order chi connectivity index (χ1) is 14.7. The number of hydrogen-bond donors (Lipinski definition) is 1. The smallest absolute Gasteiger partial charge is 0.264 e. The van der Waals surface area contributed by atoms with E-state index in [4.69, 9.17) is 23.1 Å². The maximum atomic E-state index is 11.5. The number of aromatic nitrogens is 4. The Hall–Kier alpha value is -1.90. The standard InChI is InChI=1S/C18H25N5O7S/c1-18(2)29-13-11(7-27-31(3,24)25)28-17(14(13)30-18)23-9-21-12-15(19-8-20-16(12)23)22-10-4-5-26-6-10/h8-11,13-14,17H,4-7H2,1-3H3,(H,19,20,22)/t10-,11-,13-,14-,17?/m1/s1. The molecule has 3 aliphatic rings. The second-order valence-electron chi connectivity index (χ2n) is 8.37. The Morgan fingerprint density at radius 3 is 2.81 bits per heavy atom. The molecule has 0 amide bonds. The van der Waals surface area contributed by atoms with Crippen molar-refractivity contribution < 1.29 is 31.5 Å². The Labute approximate surface area is 179 Å². The van der Waals surface area contributed by atoms with E-state index in [1.54, 1.807) is 24.7 Å². The summed E-state index contributed by atoms with van der Waals surface area (Å²) in [5.41, 5.74) is 1.17. The van der Waals surface area contributed by atoms with Gasteiger partial charge in [0.15, 0.2) is 29.0 Å². The highest BCUT2D eigenvalue weighted by atomic mass is 32.2. The summed E-state index contributed by atoms with van der Waals surface area (Å²) in [6.45, 7) is 4.76. The Kier molecular flexibility index (Phi) is 5.14. The lowest BCUT2D eigenvalue weighted by molar-refractivity contribution is -0.198. The van der Waals surface area contributed by atoms with E-state index in [1.165, 1.54) is 6.33 Å². The van der Waals surface area contributed by atoms with Gasteiger partial charge in [-0.05, 0) is 20.3 Å². The van der Waals surface area contributed by atoms with Crippen LogP contribution in [0.4, 0.5) is 5.82 Å². The molecule has 3 aliphatic heterocycles. The molecular weight excluding hydrogens is 430 g/mol. The molecule has 13 heteroatoms. The molecule has 0 bridgehead atoms. The Morgan fingerprint density at radius 2 is 2.06 bits per heavy atom. The predicted molar refractivity (Wildman–Crippen MR) is 107 cm³/mol. The van der Waals surface area contributed by atoms with Crippen molar-refractivity contribution in [1.29, 1.82) is 0 Å². The molecule has 12 nitrogen and oxygen atoms in total. The molecule has 1 unspecified atom stereocenters. The minimum Gasteiger partial charge on any atom is -0.379 e. The SMILES string of the molecule is CC1(C)O[C@@H]2[C@@H](COS(C)(=O)=O)OC(n3cnc4c(N[C@@H]5CCOC5)ncnc43)[C@@H]2O1. The van der Waals surface area contributed by atoms with Crippen LogP contribution in [0.25, 0.3) is 11.2 Å². The van der Waals surface area contributed by atoms with Gasteiger partial charge in [0.1, 0.15) is 24.6 Å². The fourth-order valence-electron chi connectivity index (χ4n) is 4.19. The number of rotatable bonds is 6. The largest absolute Gasteiger partial charge is 0.379 e. The first-order valence-electron chi connectivity index (χ1n) is 10.1. The molecule has 170 valence electrons. The van der Waals surface area contributed by atoms with E-state index in [0.717, 1.165) is 12.7 Å². The van der Waals surface area contributed by atoms with E-state index in [2.05, 4.69) is 20.3 Å². The summed E-state index contributed by atoms with van der Waals surface area (Å²) >= 11 is 0. The van der Waals surface area contributed by atoms with Crippen LogP contribution in [0.5, 0.6) is 0 Å². The second-order valence-corrected chi connectivity index (χ2v) is 10.0. The van der Waals surface area contributed by atoms with Gasteiger partial charge in [-0.25, -0.2) is 15.0 Å². The summed E-state index contributed by atoms with van der Waals surface area (Å²) < 4.78 is 53.3. The van der Waals surface area contributed by atoms with E-state index in [9.17, 15) is 8.42 Å². The second kappa shape index (κ2) is 7.60. The van der Waals surface area contributed by atoms with Crippen LogP contribution in [-0.4, -0.2) is 84.2 Å². The van der Waals surface area contributed by atoms with Crippen LogP contribution in [0.15, 0.2) is 12.7 Å². The monoisotopic (exact) mass is 455 g/mol. The van der Waals surface area contributed by atoms with E-state index < -0.39 is 40.4 Å². The molecule has 0 saturated carbocycles. The molecule has 3 saturated heterocycles. The van der Waals surface area contributed by atoms with Gasteiger partial charge in [-0.15, -0.1) is 0 Å². The summed E-state index contributed by atoms with van der Waals surface area (Å²) in [6.07, 6.45) is 2.71. The molecule has 3 fully saturated rings. The molecule has 2 aromatic heterocycles. The van der Waals surface area contributed by atoms with Gasteiger partial charge >= 0.3 is 0 Å². The molecule has 1 N–H and O–H groups in total. The van der Waals surface area contributed by atoms with Crippen LogP contribution in [0, 0.1) is 0 Å². The van der Waals surface area contributed by atoms with Crippen LogP contribution < -0.4 is 5.32 Å². The molecule has 2 aromatic rings. The number of nitrogens with zero attached hydrogens (tertiary/aromatic N) is 4. The van der Waals surface area contributed by atoms with Crippen molar-refractivity contribution in [2.75, 3.05) is 31.4 Å². The average Bonchev–Trinajstić information content (AvgIpc) is 3.44. The van der Waals surface area contributed by atoms with Gasteiger partial charge in [-0.2, -0.15) is 8.42 Å². The van der Waals surface area contributed by atoms with E-state index in [-0.39, 0.29) is 12.6 Å². The first kappa shape index (κ1) is 21.0. The van der Waals surface area contributed by atoms with Gasteiger partial charge in [-0.1, -0.05) is 0 Å². The Bertz CT molecular complexity index is 1070. The van der Waals surface area contributed by atoms with Crippen LogP contribution >= 0.6 is 0 Å². The third kappa shape index (κ3) is 4.13. The van der Waals surface area contributed by atoms with Gasteiger partial charge in [0.2, 0.25) is 0 Å². The molecule has 0 aliphatic carbocycles. The lowest BCUT2D eigenvalue weighted by Gasteiger charge is -2.24. The van der Waals surface area contributed by atoms with Crippen LogP contribution in [0.1, 0.15) is 26.5 Å². The normalized spacial score (nSPS) is 32.5. The molecule has 5 heterocycles. The van der Waals surface area contributed by atoms with E-state index in [0.29, 0.717) is 30.2 Å². The van der Waals surface area contributed by atoms with Crippen molar-refractivity contribution in [3.05, 3.63) is 12.7 Å². The molecule has 0 spiro atoms. The summed E-state index contributed by atoms with van der Waals surface area (Å²) in [5.74, 6) is -0.226. The highest BCUT2D eigenvalue weighted by Crippen LogP contribution is 2.44. The number of ether oxygens (including phenoxy) is 4. The van der Waals surface area contributed by atoms with Crippen LogP contribution in [-0.2, 0) is 33.2 Å². The summed E-state index contributed by atoms with van der Waals surface area (Å²) in [6, 6.07) is 0.167. The minimum absolute atomic E-state index is 0.167. The van der Waals surface area contributed by atoms with Crippen molar-refractivity contribution in [3.8, 4) is 0 Å². The molecule has 0 radical (unpaired) electrons. The number of imidazole rings is 1. The topological polar surface area (TPSA) is 136 Å². The first-order valence-corrected chi connectivity index (χ1v) is 11.9. The third-order valence-corrected chi connectivity index (χ3v) is 6.04. The average molecular weight is 455 g/mol. The number of nitrogens with one attached hydrogen (secondary N) is 1. The zero-order valence-corrected chi connectivity index (χ0v) is 18.2. The molecule has 31 heavy (non-hydrogen) atoms. The zero-order chi connectivity index (χ0) is 21.8. The highest BCUT2D eigenvalue weighted by molar-refractivity contribution is 7.85. The summed E-state index contributed by atoms with van der Waals surface area (Å²) in [4.78, 5) is 13.2. The molecule has 5 atom stereocenters. The molecule has 0 aromatic carbocycles. The van der Waals surface area contributed by atoms with Gasteiger partial charge in [-0.3, -0.25) is 8.75 Å². The third-order valence-electron chi connectivity index (χ3n) is 5.48. The van der Waals surface area contributed by atoms with Crippen molar-refractivity contribution >= 4 is 27.1 Å². The Balaban J connectivity index is 1.44. The lowest BCUT2D eigenvalue weighted by atomic mass is 10.1. The van der Waals surface area contributed by atoms with Crippen molar-refractivity contribution in [3.63, 3.8) is 0 Å². The van der Waals surface area contributed by atoms with Crippen molar-refractivity contribution in [2.45, 2.75) is 56.6 Å². The lowest BCUT2D eigenvalue weighted by Crippen LogP contribution is -2.33. The zero-order valence-electron chi connectivity index (χ0n) is 17.4. The number of hydrogen-bond acceptors (Lipinski definition) is 11. The fraction of sp³-hybridized carbons (Fsp3) is 0.722. The van der Waals surface area contributed by atoms with Crippen LogP contribution in [0.3, 0.4) is 0 Å². The highest BCUT2D eigenvalue weighted by Gasteiger charge is 2.56. The quantitative estimate of drug-likeness (QED) is 0.607. The maximum absolute atomic E-state index is 11.5. The number of fused-ring (bicyclic) bond motifs is 2. The van der Waals surface area contributed by atoms with E-state index >= 15 is 0 Å². The van der Waals surface area contributed by atoms with E-state index in [1.807, 2.05) is 0 Å². The van der Waals surface area contributed by atoms with Crippen molar-refractivity contribution in [1.82, 2.24) is 19.5 Å². The summed E-state index contributed by atoms with van der Waals surface area (Å²) in [5, 5.41) is 3.36. The minimum atomic E-state index is -3.63. The van der Waals surface area contributed by atoms with Crippen LogP contribution in [0.2, 0.25) is 0 Å². The van der Waals surface area contributed by atoms with Gasteiger partial charge in [0.25, 0.3) is 10.1 Å². The van der Waals surface area contributed by atoms with Gasteiger partial charge in [0.05, 0.1) is 31.8 Å². The number of anilines is 1. The predicted octanol–water partition coefficient (Wildman–Crippen LogP) is 0.421. The maximum Gasteiger partial charge on any atom is 0.264 e. The Morgan fingerprint density at radius 1 is 1.26 bits per heavy atom. The molecule has 5 rings (SSSR count). The van der Waals surface area contributed by atoms with Gasteiger partial charge < -0.3 is 24.3 Å². The summed E-state index contributed by atoms with van der Waals surface area (Å²) in [7, 11) is -3.63. The fourth-order valence-corrected chi connectivity index (χ4v) is 4.57. The molecular formula is C18H25N5O7S. The van der Waals surface area contributed by atoms with Crippen molar-refractivity contribution in [2.24, 2.45) is 0 Å². The van der Waals surface area contributed by atoms with Gasteiger partial charge in [0, 0.05) is 6.61 Å².